The molecule has 162 valence electrons. The molecule has 1 aliphatic heterocycles. The van der Waals surface area contributed by atoms with Crippen LogP contribution < -0.4 is 14.6 Å². The van der Waals surface area contributed by atoms with Gasteiger partial charge < -0.3 is 4.74 Å². The molecule has 0 atom stereocenters. The van der Waals surface area contributed by atoms with E-state index in [2.05, 4.69) is 4.98 Å². The number of ether oxygens (including phenoxy) is 1. The molecule has 2 heterocycles. The molecular formula is C19H17N3O6S3. The SMILES string of the molecule is Cc1nc(-c2ccc3c(c2)OCC3)sc1C(=O)NS(=O)(=O)c1ccccc1S(N)(=O)=O. The lowest BCUT2D eigenvalue weighted by Crippen LogP contribution is -2.32. The Hall–Kier alpha value is -2.80. The van der Waals surface area contributed by atoms with Crippen molar-refractivity contribution in [3.63, 3.8) is 0 Å². The molecule has 0 fully saturated rings. The molecule has 9 nitrogen and oxygen atoms in total. The van der Waals surface area contributed by atoms with Crippen LogP contribution in [-0.2, 0) is 26.5 Å². The summed E-state index contributed by atoms with van der Waals surface area (Å²) in [4.78, 5) is 16.0. The lowest BCUT2D eigenvalue weighted by molar-refractivity contribution is 0.0984. The number of thiazole rings is 1. The number of nitrogens with two attached hydrogens (primary N) is 1. The first-order valence-corrected chi connectivity index (χ1v) is 12.8. The molecule has 0 spiro atoms. The highest BCUT2D eigenvalue weighted by Crippen LogP contribution is 2.34. The Bertz CT molecular complexity index is 1410. The van der Waals surface area contributed by atoms with Crippen molar-refractivity contribution >= 4 is 37.3 Å². The Labute approximate surface area is 183 Å². The summed E-state index contributed by atoms with van der Waals surface area (Å²) in [7, 11) is -8.82. The highest BCUT2D eigenvalue weighted by Gasteiger charge is 2.28. The molecule has 31 heavy (non-hydrogen) atoms. The van der Waals surface area contributed by atoms with Gasteiger partial charge in [-0.25, -0.2) is 31.7 Å². The Balaban J connectivity index is 1.64. The maximum atomic E-state index is 12.7. The summed E-state index contributed by atoms with van der Waals surface area (Å²) in [5.74, 6) is -0.151. The van der Waals surface area contributed by atoms with Crippen LogP contribution in [0.2, 0.25) is 0 Å². The Kier molecular flexibility index (Phi) is 5.33. The van der Waals surface area contributed by atoms with Gasteiger partial charge in [0.25, 0.3) is 15.9 Å². The molecule has 1 aromatic heterocycles. The first kappa shape index (κ1) is 21.4. The van der Waals surface area contributed by atoms with Gasteiger partial charge in [0.1, 0.15) is 25.4 Å². The van der Waals surface area contributed by atoms with E-state index in [1.165, 1.54) is 12.1 Å². The number of benzene rings is 2. The minimum Gasteiger partial charge on any atom is -0.493 e. The zero-order valence-corrected chi connectivity index (χ0v) is 18.6. The summed E-state index contributed by atoms with van der Waals surface area (Å²) in [6.07, 6.45) is 0.831. The van der Waals surface area contributed by atoms with E-state index in [0.29, 0.717) is 17.3 Å². The molecule has 0 saturated heterocycles. The smallest absolute Gasteiger partial charge is 0.277 e. The quantitative estimate of drug-likeness (QED) is 0.567. The molecule has 3 N–H and O–H groups in total. The number of nitrogens with zero attached hydrogens (tertiary/aromatic N) is 1. The first-order valence-electron chi connectivity index (χ1n) is 8.99. The number of amides is 1. The van der Waals surface area contributed by atoms with Crippen LogP contribution in [0.25, 0.3) is 10.6 Å². The van der Waals surface area contributed by atoms with Gasteiger partial charge in [-0.2, -0.15) is 0 Å². The van der Waals surface area contributed by atoms with Crippen LogP contribution in [0.5, 0.6) is 5.75 Å². The minimum atomic E-state index is -4.50. The van der Waals surface area contributed by atoms with Gasteiger partial charge in [-0.15, -0.1) is 11.3 Å². The summed E-state index contributed by atoms with van der Waals surface area (Å²) in [5.41, 5.74) is 2.18. The number of aryl methyl sites for hydroxylation is 1. The van der Waals surface area contributed by atoms with Crippen molar-refractivity contribution in [3.8, 4) is 16.3 Å². The van der Waals surface area contributed by atoms with Crippen LogP contribution in [0, 0.1) is 6.92 Å². The number of carbonyl (C=O) groups excluding carboxylic acids is 1. The Morgan fingerprint density at radius 2 is 1.84 bits per heavy atom. The average Bonchev–Trinajstić information content (AvgIpc) is 3.32. The van der Waals surface area contributed by atoms with E-state index in [0.717, 1.165) is 46.8 Å². The van der Waals surface area contributed by atoms with Gasteiger partial charge in [-0.3, -0.25) is 4.79 Å². The normalized spacial score (nSPS) is 13.5. The molecule has 2 aromatic carbocycles. The number of aromatic nitrogens is 1. The standard InChI is InChI=1S/C19H17N3O6S3/c1-11-17(29-19(21-11)13-7-6-12-8-9-28-14(12)10-13)18(23)22-31(26,27)16-5-3-2-4-15(16)30(20,24)25/h2-7,10H,8-9H2,1H3,(H,22,23)(H2,20,24,25). The van der Waals surface area contributed by atoms with Crippen LogP contribution >= 0.6 is 11.3 Å². The van der Waals surface area contributed by atoms with Crippen molar-refractivity contribution in [2.24, 2.45) is 5.14 Å². The van der Waals surface area contributed by atoms with Crippen LogP contribution in [0.1, 0.15) is 20.9 Å². The van der Waals surface area contributed by atoms with E-state index in [1.54, 1.807) is 6.92 Å². The number of fused-ring (bicyclic) bond motifs is 1. The van der Waals surface area contributed by atoms with Gasteiger partial charge in [0.2, 0.25) is 10.0 Å². The summed E-state index contributed by atoms with van der Waals surface area (Å²) in [5, 5.41) is 5.63. The number of rotatable bonds is 5. The summed E-state index contributed by atoms with van der Waals surface area (Å²) < 4.78 is 56.4. The van der Waals surface area contributed by atoms with Gasteiger partial charge in [0, 0.05) is 12.0 Å². The van der Waals surface area contributed by atoms with E-state index in [9.17, 15) is 21.6 Å². The van der Waals surface area contributed by atoms with Crippen molar-refractivity contribution in [3.05, 3.63) is 58.6 Å². The molecule has 3 aromatic rings. The Morgan fingerprint density at radius 1 is 1.13 bits per heavy atom. The van der Waals surface area contributed by atoms with Gasteiger partial charge in [-0.05, 0) is 30.7 Å². The van der Waals surface area contributed by atoms with E-state index in [4.69, 9.17) is 9.88 Å². The molecular weight excluding hydrogens is 462 g/mol. The van der Waals surface area contributed by atoms with Crippen molar-refractivity contribution in [1.29, 1.82) is 0 Å². The maximum absolute atomic E-state index is 12.7. The fourth-order valence-electron chi connectivity index (χ4n) is 3.16. The fourth-order valence-corrected chi connectivity index (χ4v) is 6.52. The van der Waals surface area contributed by atoms with Crippen molar-refractivity contribution in [1.82, 2.24) is 9.71 Å². The van der Waals surface area contributed by atoms with Gasteiger partial charge in [0.05, 0.1) is 12.3 Å². The molecule has 0 aliphatic carbocycles. The molecule has 0 radical (unpaired) electrons. The van der Waals surface area contributed by atoms with Crippen LogP contribution in [0.4, 0.5) is 0 Å². The van der Waals surface area contributed by atoms with Crippen molar-refractivity contribution < 1.29 is 26.4 Å². The number of hydrogen-bond donors (Lipinski definition) is 2. The largest absolute Gasteiger partial charge is 0.493 e. The Morgan fingerprint density at radius 3 is 2.55 bits per heavy atom. The molecule has 0 bridgehead atoms. The summed E-state index contributed by atoms with van der Waals surface area (Å²) in [6.45, 7) is 2.20. The number of primary sulfonamides is 1. The molecule has 4 rings (SSSR count). The van der Waals surface area contributed by atoms with Crippen LogP contribution in [0.3, 0.4) is 0 Å². The topological polar surface area (TPSA) is 146 Å². The zero-order chi connectivity index (χ0) is 22.4. The number of carbonyl (C=O) groups is 1. The maximum Gasteiger partial charge on any atom is 0.277 e. The van der Waals surface area contributed by atoms with E-state index < -0.39 is 35.7 Å². The second-order valence-corrected chi connectivity index (χ2v) is 11.0. The predicted molar refractivity (Wildman–Crippen MR) is 114 cm³/mol. The third kappa shape index (κ3) is 4.19. The molecule has 0 saturated carbocycles. The van der Waals surface area contributed by atoms with Gasteiger partial charge in [-0.1, -0.05) is 24.3 Å². The number of nitrogens with one attached hydrogen (secondary N) is 1. The third-order valence-corrected chi connectivity index (χ3v) is 8.31. The number of sulfonamides is 2. The number of hydrogen-bond acceptors (Lipinski definition) is 8. The van der Waals surface area contributed by atoms with E-state index in [-0.39, 0.29) is 4.88 Å². The minimum absolute atomic E-state index is 0.0908. The van der Waals surface area contributed by atoms with Crippen molar-refractivity contribution in [2.75, 3.05) is 6.61 Å². The highest BCUT2D eigenvalue weighted by atomic mass is 32.2. The molecule has 0 unspecified atom stereocenters. The van der Waals surface area contributed by atoms with E-state index in [1.807, 2.05) is 22.9 Å². The summed E-state index contributed by atoms with van der Waals surface area (Å²) >= 11 is 1.03. The third-order valence-electron chi connectivity index (χ3n) is 4.62. The lowest BCUT2D eigenvalue weighted by atomic mass is 10.1. The van der Waals surface area contributed by atoms with Crippen molar-refractivity contribution in [2.45, 2.75) is 23.1 Å². The van der Waals surface area contributed by atoms with Crippen LogP contribution in [0.15, 0.2) is 52.3 Å². The lowest BCUT2D eigenvalue weighted by Gasteiger charge is -2.09. The van der Waals surface area contributed by atoms with Gasteiger partial charge >= 0.3 is 0 Å². The average molecular weight is 480 g/mol. The second-order valence-electron chi connectivity index (χ2n) is 6.78. The van der Waals surface area contributed by atoms with Gasteiger partial charge in [0.15, 0.2) is 0 Å². The monoisotopic (exact) mass is 479 g/mol. The van der Waals surface area contributed by atoms with E-state index >= 15 is 0 Å². The zero-order valence-electron chi connectivity index (χ0n) is 16.2. The predicted octanol–water partition coefficient (Wildman–Crippen LogP) is 1.82. The second kappa shape index (κ2) is 7.71. The molecule has 12 heteroatoms. The highest BCUT2D eigenvalue weighted by molar-refractivity contribution is 7.92. The summed E-state index contributed by atoms with van der Waals surface area (Å²) in [6, 6.07) is 10.4. The molecule has 1 aliphatic rings. The molecule has 1 amide bonds. The van der Waals surface area contributed by atoms with Crippen LogP contribution in [-0.4, -0.2) is 34.3 Å². The fraction of sp³-hybridized carbons (Fsp3) is 0.158. The first-order chi connectivity index (χ1) is 14.6.